The quantitative estimate of drug-likeness (QED) is 0.355. The maximum atomic E-state index is 10.9. The van der Waals surface area contributed by atoms with Crippen LogP contribution < -0.4 is 0 Å². The molecule has 0 radical (unpaired) electrons. The molecule has 96 valence electrons. The summed E-state index contributed by atoms with van der Waals surface area (Å²) in [5, 5.41) is 3.58. The number of hydrogen-bond donors (Lipinski definition) is 0. The summed E-state index contributed by atoms with van der Waals surface area (Å²) in [4.78, 5) is 20.3. The highest BCUT2D eigenvalue weighted by Crippen LogP contribution is 2.15. The van der Waals surface area contributed by atoms with Gasteiger partial charge in [-0.3, -0.25) is 9.63 Å². The van der Waals surface area contributed by atoms with Crippen molar-refractivity contribution in [3.05, 3.63) is 29.8 Å². The first-order valence-corrected chi connectivity index (χ1v) is 5.93. The number of thiocarbonyl (C=S) groups is 1. The average molecular weight is 264 g/mol. The zero-order valence-electron chi connectivity index (χ0n) is 10.7. The second-order valence-electron chi connectivity index (χ2n) is 4.75. The first kappa shape index (κ1) is 14.5. The molecule has 0 unspecified atom stereocenters. The Morgan fingerprint density at radius 2 is 2.00 bits per heavy atom. The van der Waals surface area contributed by atoms with Crippen molar-refractivity contribution in [3.63, 3.8) is 0 Å². The molecule has 0 aliphatic heterocycles. The molecular weight excluding hydrogens is 248 g/mol. The van der Waals surface area contributed by atoms with Gasteiger partial charge < -0.3 is 0 Å². The van der Waals surface area contributed by atoms with E-state index in [2.05, 4.69) is 22.4 Å². The molecule has 1 aromatic carbocycles. The summed E-state index contributed by atoms with van der Waals surface area (Å²) in [7, 11) is 0. The largest absolute Gasteiger partial charge is 0.276 e. The van der Waals surface area contributed by atoms with Gasteiger partial charge in [-0.25, -0.2) is 5.06 Å². The van der Waals surface area contributed by atoms with Crippen LogP contribution in [0.15, 0.2) is 29.3 Å². The lowest BCUT2D eigenvalue weighted by atomic mass is 10.2. The fourth-order valence-electron chi connectivity index (χ4n) is 1.35. The Hall–Kier alpha value is -1.55. The van der Waals surface area contributed by atoms with Gasteiger partial charge in [-0.1, -0.05) is 12.1 Å². The van der Waals surface area contributed by atoms with E-state index in [1.807, 2.05) is 45.0 Å². The van der Waals surface area contributed by atoms with Crippen molar-refractivity contribution in [2.24, 2.45) is 4.99 Å². The van der Waals surface area contributed by atoms with Crippen molar-refractivity contribution in [2.75, 3.05) is 0 Å². The summed E-state index contributed by atoms with van der Waals surface area (Å²) < 4.78 is 0. The molecule has 4 nitrogen and oxygen atoms in total. The van der Waals surface area contributed by atoms with Gasteiger partial charge >= 0.3 is 0 Å². The minimum Gasteiger partial charge on any atom is -0.276 e. The lowest BCUT2D eigenvalue weighted by Crippen LogP contribution is -2.32. The van der Waals surface area contributed by atoms with Gasteiger partial charge in [0.25, 0.3) is 0 Å². The van der Waals surface area contributed by atoms with Crippen molar-refractivity contribution in [2.45, 2.75) is 32.9 Å². The van der Waals surface area contributed by atoms with Crippen LogP contribution in [-0.4, -0.2) is 22.2 Å². The number of amides is 1. The topological polar surface area (TPSA) is 41.9 Å². The summed E-state index contributed by atoms with van der Waals surface area (Å²) in [6.45, 7) is 6.06. The smallest absolute Gasteiger partial charge is 0.233 e. The monoisotopic (exact) mass is 264 g/mol. The van der Waals surface area contributed by atoms with Gasteiger partial charge in [0.1, 0.15) is 0 Å². The Morgan fingerprint density at radius 1 is 1.39 bits per heavy atom. The average Bonchev–Trinajstić information content (AvgIpc) is 2.29. The minimum atomic E-state index is -0.400. The molecule has 0 atom stereocenters. The van der Waals surface area contributed by atoms with Crippen LogP contribution in [0.5, 0.6) is 0 Å². The van der Waals surface area contributed by atoms with Crippen LogP contribution in [0.4, 0.5) is 5.69 Å². The number of aliphatic imine (C=N–C) groups is 1. The van der Waals surface area contributed by atoms with Gasteiger partial charge in [-0.15, -0.1) is 0 Å². The first-order chi connectivity index (χ1) is 8.44. The molecular formula is C13H16N2O2S. The van der Waals surface area contributed by atoms with Gasteiger partial charge in [0, 0.05) is 0 Å². The molecule has 0 saturated carbocycles. The number of carbonyl (C=O) groups is 1. The number of hydrogen-bond acceptors (Lipinski definition) is 4. The Bertz CT molecular complexity index is 445. The summed E-state index contributed by atoms with van der Waals surface area (Å²) in [6.07, 6.45) is 0.675. The Labute approximate surface area is 112 Å². The molecule has 5 heteroatoms. The lowest BCUT2D eigenvalue weighted by Gasteiger charge is -2.26. The Morgan fingerprint density at radius 3 is 2.44 bits per heavy atom. The molecule has 1 aromatic rings. The van der Waals surface area contributed by atoms with E-state index in [0.717, 1.165) is 11.3 Å². The molecule has 0 aliphatic rings. The van der Waals surface area contributed by atoms with Crippen molar-refractivity contribution in [1.29, 1.82) is 0 Å². The zero-order valence-corrected chi connectivity index (χ0v) is 11.5. The SMILES string of the molecule is CC(C)(C)ON(C=O)Cc1ccc(N=C=S)cc1. The third-order valence-corrected chi connectivity index (χ3v) is 2.05. The van der Waals surface area contributed by atoms with Crippen LogP contribution in [0, 0.1) is 0 Å². The Balaban J connectivity index is 2.70. The van der Waals surface area contributed by atoms with Crippen LogP contribution in [0.3, 0.4) is 0 Å². The molecule has 18 heavy (non-hydrogen) atoms. The number of nitrogens with zero attached hydrogens (tertiary/aromatic N) is 2. The highest BCUT2D eigenvalue weighted by molar-refractivity contribution is 7.78. The second-order valence-corrected chi connectivity index (χ2v) is 4.94. The molecule has 0 spiro atoms. The van der Waals surface area contributed by atoms with Gasteiger partial charge in [-0.2, -0.15) is 4.99 Å². The molecule has 0 bridgehead atoms. The minimum absolute atomic E-state index is 0.391. The van der Waals surface area contributed by atoms with E-state index in [-0.39, 0.29) is 0 Å². The predicted octanol–water partition coefficient (Wildman–Crippen LogP) is 3.11. The van der Waals surface area contributed by atoms with Gasteiger partial charge in [-0.05, 0) is 50.7 Å². The van der Waals surface area contributed by atoms with E-state index < -0.39 is 5.60 Å². The number of carbonyl (C=O) groups excluding carboxylic acids is 1. The van der Waals surface area contributed by atoms with Gasteiger partial charge in [0.05, 0.1) is 23.0 Å². The normalized spacial score (nSPS) is 10.6. The summed E-state index contributed by atoms with van der Waals surface area (Å²) in [5.74, 6) is 0. The molecule has 0 N–H and O–H groups in total. The lowest BCUT2D eigenvalue weighted by molar-refractivity contribution is -0.220. The van der Waals surface area contributed by atoms with Crippen LogP contribution in [0.2, 0.25) is 0 Å². The Kier molecular flexibility index (Phi) is 5.16. The van der Waals surface area contributed by atoms with Crippen LogP contribution in [0.1, 0.15) is 26.3 Å². The molecule has 1 amide bonds. The van der Waals surface area contributed by atoms with E-state index in [0.29, 0.717) is 13.0 Å². The van der Waals surface area contributed by atoms with E-state index in [1.165, 1.54) is 5.06 Å². The third-order valence-electron chi connectivity index (χ3n) is 1.96. The van der Waals surface area contributed by atoms with Gasteiger partial charge in [0.2, 0.25) is 6.41 Å². The van der Waals surface area contributed by atoms with Crippen molar-refractivity contribution in [3.8, 4) is 0 Å². The molecule has 0 heterocycles. The number of benzene rings is 1. The molecule has 0 saturated heterocycles. The van der Waals surface area contributed by atoms with Gasteiger partial charge in [0.15, 0.2) is 0 Å². The highest BCUT2D eigenvalue weighted by atomic mass is 32.1. The number of rotatable bonds is 5. The molecule has 1 rings (SSSR count). The van der Waals surface area contributed by atoms with E-state index in [1.54, 1.807) is 0 Å². The van der Waals surface area contributed by atoms with Crippen LogP contribution in [-0.2, 0) is 16.2 Å². The standard InChI is InChI=1S/C13H16N2O2S/c1-13(2,3)17-15(10-16)8-11-4-6-12(7-5-11)14-9-18/h4-7,10H,8H2,1-3H3. The maximum Gasteiger partial charge on any atom is 0.233 e. The van der Waals surface area contributed by atoms with E-state index in [4.69, 9.17) is 4.84 Å². The van der Waals surface area contributed by atoms with E-state index in [9.17, 15) is 4.79 Å². The summed E-state index contributed by atoms with van der Waals surface area (Å²) >= 11 is 4.52. The predicted molar refractivity (Wildman–Crippen MR) is 73.6 cm³/mol. The highest BCUT2D eigenvalue weighted by Gasteiger charge is 2.16. The van der Waals surface area contributed by atoms with E-state index >= 15 is 0 Å². The second kappa shape index (κ2) is 6.40. The zero-order chi connectivity index (χ0) is 13.6. The van der Waals surface area contributed by atoms with Crippen LogP contribution in [0.25, 0.3) is 0 Å². The maximum absolute atomic E-state index is 10.9. The molecule has 0 aromatic heterocycles. The summed E-state index contributed by atoms with van der Waals surface area (Å²) in [6, 6.07) is 7.37. The van der Waals surface area contributed by atoms with Crippen molar-refractivity contribution < 1.29 is 9.63 Å². The fourth-order valence-corrected chi connectivity index (χ4v) is 1.46. The fraction of sp³-hybridized carbons (Fsp3) is 0.385. The molecule has 0 fully saturated rings. The third kappa shape index (κ3) is 5.19. The first-order valence-electron chi connectivity index (χ1n) is 5.52. The number of hydroxylamine groups is 2. The van der Waals surface area contributed by atoms with Crippen LogP contribution >= 0.6 is 12.2 Å². The van der Waals surface area contributed by atoms with Crippen molar-refractivity contribution >= 4 is 29.5 Å². The number of isothiocyanates is 1. The summed E-state index contributed by atoms with van der Waals surface area (Å²) in [5.41, 5.74) is 1.29. The molecule has 0 aliphatic carbocycles. The van der Waals surface area contributed by atoms with Crippen molar-refractivity contribution in [1.82, 2.24) is 5.06 Å².